The number of allylic oxidation sites excluding steroid dienone is 3. The molecule has 1 fully saturated rings. The Hall–Kier alpha value is -3.77. The molecule has 11 N–H and O–H groups in total. The number of H-pyrrole nitrogens is 1. The molecule has 0 unspecified atom stereocenters. The molecule has 0 saturated heterocycles. The average Bonchev–Trinajstić information content (AvgIpc) is 3.74. The van der Waals surface area contributed by atoms with Gasteiger partial charge in [0.2, 0.25) is 0 Å². The molecule has 3 aliphatic rings. The molecule has 0 bridgehead atoms. The van der Waals surface area contributed by atoms with E-state index in [1.165, 1.54) is 37.5 Å². The molecule has 1 saturated carbocycles. The van der Waals surface area contributed by atoms with Crippen molar-refractivity contribution in [1.82, 2.24) is 10.3 Å². The zero-order chi connectivity index (χ0) is 38.8. The Bertz CT molecular complexity index is 1600. The number of aliphatic hydroxyl groups excluding tert-OH is 3. The molecule has 2 aliphatic carbocycles. The Balaban J connectivity index is 1.19. The molecule has 54 heavy (non-hydrogen) atoms. The third-order valence-corrected chi connectivity index (χ3v) is 12.1. The maximum absolute atomic E-state index is 12.3. The molecule has 0 amide bonds. The SMILES string of the molecule is CCCCC[C@@H]1C=C[C@@H](CCCCC[C@H](C(=O)O)[C@H](O)CC[C@]2(O)C[C@H](CC3=CCNC(N)=C3)C[C@H]2[C@H](O)c2ccc(-c3cc(O)cc(O)c3)[nH]2)[C@H](O)C1. The lowest BCUT2D eigenvalue weighted by molar-refractivity contribution is -0.147. The van der Waals surface area contributed by atoms with E-state index in [4.69, 9.17) is 5.73 Å². The van der Waals surface area contributed by atoms with Crippen molar-refractivity contribution >= 4 is 5.97 Å². The molecule has 298 valence electrons. The summed E-state index contributed by atoms with van der Waals surface area (Å²) < 4.78 is 0. The molecule has 1 aromatic heterocycles. The van der Waals surface area contributed by atoms with Crippen LogP contribution in [0.25, 0.3) is 11.3 Å². The Kier molecular flexibility index (Phi) is 14.7. The highest BCUT2D eigenvalue weighted by Gasteiger charge is 2.50. The lowest BCUT2D eigenvalue weighted by Gasteiger charge is -2.34. The summed E-state index contributed by atoms with van der Waals surface area (Å²) in [6.07, 6.45) is 16.5. The van der Waals surface area contributed by atoms with Gasteiger partial charge in [0.05, 0.1) is 35.7 Å². The quantitative estimate of drug-likeness (QED) is 0.0522. The number of hydrogen-bond acceptors (Lipinski definition) is 9. The Morgan fingerprint density at radius 2 is 1.74 bits per heavy atom. The summed E-state index contributed by atoms with van der Waals surface area (Å²) in [6.45, 7) is 2.80. The first kappa shape index (κ1) is 41.4. The van der Waals surface area contributed by atoms with Crippen LogP contribution in [-0.4, -0.2) is 71.1 Å². The summed E-state index contributed by atoms with van der Waals surface area (Å²) in [5.41, 5.74) is 7.26. The zero-order valence-corrected chi connectivity index (χ0v) is 31.7. The van der Waals surface area contributed by atoms with Gasteiger partial charge >= 0.3 is 5.97 Å². The van der Waals surface area contributed by atoms with Crippen molar-refractivity contribution in [3.8, 4) is 22.8 Å². The van der Waals surface area contributed by atoms with Gasteiger partial charge in [0.1, 0.15) is 11.5 Å². The van der Waals surface area contributed by atoms with Crippen LogP contribution in [0.2, 0.25) is 0 Å². The predicted molar refractivity (Wildman–Crippen MR) is 209 cm³/mol. The molecule has 0 radical (unpaired) electrons. The first-order valence-corrected chi connectivity index (χ1v) is 20.1. The van der Waals surface area contributed by atoms with Crippen molar-refractivity contribution in [1.29, 1.82) is 0 Å². The van der Waals surface area contributed by atoms with Crippen LogP contribution in [0, 0.1) is 29.6 Å². The number of phenols is 2. The minimum Gasteiger partial charge on any atom is -0.508 e. The molecule has 1 aromatic carbocycles. The predicted octanol–water partition coefficient (Wildman–Crippen LogP) is 6.53. The number of aliphatic hydroxyl groups is 4. The Morgan fingerprint density at radius 1 is 0.981 bits per heavy atom. The summed E-state index contributed by atoms with van der Waals surface area (Å²) in [6, 6.07) is 7.69. The molecule has 9 atom stereocenters. The Morgan fingerprint density at radius 3 is 2.44 bits per heavy atom. The van der Waals surface area contributed by atoms with Crippen LogP contribution in [0.15, 0.2) is 66.0 Å². The Labute approximate surface area is 319 Å². The van der Waals surface area contributed by atoms with Crippen LogP contribution in [-0.2, 0) is 4.79 Å². The monoisotopic (exact) mass is 749 g/mol. The van der Waals surface area contributed by atoms with E-state index in [2.05, 4.69) is 35.5 Å². The molecule has 5 rings (SSSR count). The molecule has 1 aliphatic heterocycles. The van der Waals surface area contributed by atoms with E-state index in [9.17, 15) is 40.5 Å². The fraction of sp³-hybridized carbons (Fsp3) is 0.605. The maximum Gasteiger partial charge on any atom is 0.309 e. The van der Waals surface area contributed by atoms with Gasteiger partial charge in [0.15, 0.2) is 0 Å². The number of rotatable bonds is 20. The summed E-state index contributed by atoms with van der Waals surface area (Å²) in [4.78, 5) is 15.5. The van der Waals surface area contributed by atoms with Gasteiger partial charge in [0, 0.05) is 41.4 Å². The summed E-state index contributed by atoms with van der Waals surface area (Å²) in [7, 11) is 0. The summed E-state index contributed by atoms with van der Waals surface area (Å²) >= 11 is 0. The number of aromatic nitrogens is 1. The highest BCUT2D eigenvalue weighted by molar-refractivity contribution is 5.70. The highest BCUT2D eigenvalue weighted by Crippen LogP contribution is 2.50. The number of carbonyl (C=O) groups is 1. The first-order chi connectivity index (χ1) is 25.8. The van der Waals surface area contributed by atoms with E-state index < -0.39 is 35.6 Å². The van der Waals surface area contributed by atoms with Gasteiger partial charge in [-0.1, -0.05) is 63.7 Å². The third-order valence-electron chi connectivity index (χ3n) is 12.1. The normalized spacial score (nSPS) is 27.2. The number of carboxylic acid groups (broad SMARTS) is 1. The van der Waals surface area contributed by atoms with E-state index in [0.717, 1.165) is 37.7 Å². The smallest absolute Gasteiger partial charge is 0.309 e. The third kappa shape index (κ3) is 11.1. The number of unbranched alkanes of at least 4 members (excludes halogenated alkanes) is 4. The zero-order valence-electron chi connectivity index (χ0n) is 31.7. The number of aromatic hydroxyl groups is 2. The van der Waals surface area contributed by atoms with E-state index in [1.807, 2.05) is 6.08 Å². The number of aliphatic carboxylic acids is 1. The van der Waals surface area contributed by atoms with Gasteiger partial charge in [-0.2, -0.15) is 0 Å². The van der Waals surface area contributed by atoms with Gasteiger partial charge in [0.25, 0.3) is 0 Å². The van der Waals surface area contributed by atoms with E-state index >= 15 is 0 Å². The van der Waals surface area contributed by atoms with E-state index in [1.54, 1.807) is 12.1 Å². The van der Waals surface area contributed by atoms with Gasteiger partial charge in [-0.3, -0.25) is 4.79 Å². The fourth-order valence-electron chi connectivity index (χ4n) is 9.14. The van der Waals surface area contributed by atoms with Crippen molar-refractivity contribution < 1.29 is 40.5 Å². The van der Waals surface area contributed by atoms with Crippen LogP contribution in [0.3, 0.4) is 0 Å². The largest absolute Gasteiger partial charge is 0.508 e. The first-order valence-electron chi connectivity index (χ1n) is 20.1. The van der Waals surface area contributed by atoms with Crippen LogP contribution in [0.1, 0.15) is 115 Å². The molecule has 2 heterocycles. The second kappa shape index (κ2) is 19.2. The highest BCUT2D eigenvalue weighted by atomic mass is 16.4. The van der Waals surface area contributed by atoms with Crippen molar-refractivity contribution in [2.75, 3.05) is 6.54 Å². The van der Waals surface area contributed by atoms with E-state index in [0.29, 0.717) is 67.3 Å². The number of nitrogens with two attached hydrogens (primary N) is 1. The van der Waals surface area contributed by atoms with Crippen molar-refractivity contribution in [2.45, 2.75) is 127 Å². The van der Waals surface area contributed by atoms with Crippen LogP contribution >= 0.6 is 0 Å². The number of carboxylic acids is 1. The summed E-state index contributed by atoms with van der Waals surface area (Å²) in [5.74, 6) is -1.68. The lowest BCUT2D eigenvalue weighted by atomic mass is 9.79. The van der Waals surface area contributed by atoms with Crippen molar-refractivity contribution in [3.05, 3.63) is 71.7 Å². The summed E-state index contributed by atoms with van der Waals surface area (Å²) in [5, 5.41) is 79.1. The molecular weight excluding hydrogens is 686 g/mol. The number of benzene rings is 1. The van der Waals surface area contributed by atoms with Gasteiger partial charge in [-0.15, -0.1) is 0 Å². The number of dihydropyridines is 1. The van der Waals surface area contributed by atoms with Crippen LogP contribution < -0.4 is 11.1 Å². The molecule has 11 nitrogen and oxygen atoms in total. The fourth-order valence-corrected chi connectivity index (χ4v) is 9.14. The van der Waals surface area contributed by atoms with E-state index in [-0.39, 0.29) is 42.3 Å². The number of phenolic OH excluding ortho intramolecular Hbond substituents is 2. The van der Waals surface area contributed by atoms with Crippen molar-refractivity contribution in [3.63, 3.8) is 0 Å². The van der Waals surface area contributed by atoms with Crippen molar-refractivity contribution in [2.24, 2.45) is 35.3 Å². The van der Waals surface area contributed by atoms with Crippen LogP contribution in [0.4, 0.5) is 0 Å². The van der Waals surface area contributed by atoms with Crippen LogP contribution in [0.5, 0.6) is 11.5 Å². The maximum atomic E-state index is 12.3. The second-order valence-corrected chi connectivity index (χ2v) is 16.3. The lowest BCUT2D eigenvalue weighted by Crippen LogP contribution is -2.39. The van der Waals surface area contributed by atoms with Gasteiger partial charge in [-0.05, 0) is 106 Å². The standard InChI is InChI=1S/C43H63N3O8/c1-2-3-5-8-27-11-12-30(39(50)21-27)9-6-4-7-10-34(42(52)53)38(49)15-17-43(54)26-29(19-28-16-18-45-40(44)22-28)20-35(43)41(51)37-14-13-36(46-37)31-23-32(47)25-33(48)24-31/h11-14,16,22-25,27,29-30,34-35,38-39,41,45-51,54H,2-10,15,17-21,26,44H2,1H3,(H,52,53)/t27-,29-,30-,34+,35+,38-,39-,41+,43+/m1/s1. The molecule has 2 aromatic rings. The number of aromatic amines is 1. The minimum atomic E-state index is -1.38. The molecule has 11 heteroatoms. The number of hydrogen-bond donors (Lipinski definition) is 10. The van der Waals surface area contributed by atoms with Gasteiger partial charge < -0.3 is 51.8 Å². The second-order valence-electron chi connectivity index (χ2n) is 16.3. The topological polar surface area (TPSA) is 213 Å². The minimum absolute atomic E-state index is 0.0115. The molecule has 0 spiro atoms. The molecular formula is C43H63N3O8. The number of nitrogens with one attached hydrogen (secondary N) is 2. The average molecular weight is 750 g/mol. The van der Waals surface area contributed by atoms with Gasteiger partial charge in [-0.25, -0.2) is 0 Å².